The number of amides is 1. The minimum absolute atomic E-state index is 0.0356. The molecule has 1 aliphatic heterocycles. The fourth-order valence-electron chi connectivity index (χ4n) is 4.31. The van der Waals surface area contributed by atoms with Crippen LogP contribution in [0.15, 0.2) is 60.0 Å². The Labute approximate surface area is 196 Å². The predicted molar refractivity (Wildman–Crippen MR) is 129 cm³/mol. The van der Waals surface area contributed by atoms with Gasteiger partial charge in [0.05, 0.1) is 5.56 Å². The maximum absolute atomic E-state index is 13.2. The Kier molecular flexibility index (Phi) is 5.95. The van der Waals surface area contributed by atoms with E-state index < -0.39 is 0 Å². The zero-order chi connectivity index (χ0) is 22.8. The number of fused-ring (bicyclic) bond motifs is 1. The number of piperazine rings is 1. The predicted octanol–water partition coefficient (Wildman–Crippen LogP) is 3.10. The van der Waals surface area contributed by atoms with Gasteiger partial charge in [-0.3, -0.25) is 4.79 Å². The lowest BCUT2D eigenvalue weighted by molar-refractivity contribution is 0.0742. The molecule has 4 heterocycles. The Morgan fingerprint density at radius 1 is 1.03 bits per heavy atom. The molecule has 0 saturated carbocycles. The Morgan fingerprint density at radius 3 is 2.58 bits per heavy atom. The van der Waals surface area contributed by atoms with Gasteiger partial charge in [0.1, 0.15) is 17.2 Å². The summed E-state index contributed by atoms with van der Waals surface area (Å²) in [6.07, 6.45) is 5.98. The standard InChI is InChI=1S/C24H25N7OS/c1-17-20(15-18-7-4-3-5-8-18)22(31-24(28-17)26-16-27-31)29-11-13-30(14-12-29)23(32)19-9-6-10-25-21(19)33-2/h3-10,16H,11-15H2,1-2H3. The summed E-state index contributed by atoms with van der Waals surface area (Å²) in [6, 6.07) is 14.1. The Balaban J connectivity index is 1.43. The highest BCUT2D eigenvalue weighted by atomic mass is 32.2. The molecule has 3 aromatic heterocycles. The van der Waals surface area contributed by atoms with E-state index in [1.54, 1.807) is 12.5 Å². The van der Waals surface area contributed by atoms with Crippen molar-refractivity contribution in [3.05, 3.63) is 77.4 Å². The number of thioether (sulfide) groups is 1. The van der Waals surface area contributed by atoms with Crippen molar-refractivity contribution < 1.29 is 4.79 Å². The molecule has 5 rings (SSSR count). The first-order valence-electron chi connectivity index (χ1n) is 10.9. The summed E-state index contributed by atoms with van der Waals surface area (Å²) in [5, 5.41) is 5.24. The topological polar surface area (TPSA) is 79.5 Å². The van der Waals surface area contributed by atoms with Gasteiger partial charge >= 0.3 is 0 Å². The molecule has 0 aliphatic carbocycles. The van der Waals surface area contributed by atoms with Gasteiger partial charge in [-0.2, -0.15) is 14.6 Å². The van der Waals surface area contributed by atoms with Crippen LogP contribution in [0.5, 0.6) is 0 Å². The number of rotatable bonds is 5. The molecule has 8 nitrogen and oxygen atoms in total. The van der Waals surface area contributed by atoms with Gasteiger partial charge < -0.3 is 9.80 Å². The summed E-state index contributed by atoms with van der Waals surface area (Å²) in [5.74, 6) is 1.64. The molecule has 0 atom stereocenters. The van der Waals surface area contributed by atoms with E-state index in [0.717, 1.165) is 28.5 Å². The van der Waals surface area contributed by atoms with Crippen LogP contribution in [-0.2, 0) is 6.42 Å². The average molecular weight is 460 g/mol. The van der Waals surface area contributed by atoms with Crippen molar-refractivity contribution >= 4 is 29.3 Å². The molecule has 1 aromatic carbocycles. The molecule has 4 aromatic rings. The number of pyridine rings is 1. The van der Waals surface area contributed by atoms with Crippen LogP contribution in [0.1, 0.15) is 27.2 Å². The third-order valence-electron chi connectivity index (χ3n) is 5.99. The summed E-state index contributed by atoms with van der Waals surface area (Å²) in [4.78, 5) is 30.7. The fraction of sp³-hybridized carbons (Fsp3) is 0.292. The van der Waals surface area contributed by atoms with E-state index in [4.69, 9.17) is 0 Å². The minimum Gasteiger partial charge on any atom is -0.353 e. The Hall–Kier alpha value is -3.46. The molecular weight excluding hydrogens is 434 g/mol. The summed E-state index contributed by atoms with van der Waals surface area (Å²) in [5.41, 5.74) is 3.98. The first-order valence-corrected chi connectivity index (χ1v) is 12.1. The van der Waals surface area contributed by atoms with Gasteiger partial charge in [-0.05, 0) is 30.9 Å². The van der Waals surface area contributed by atoms with Crippen molar-refractivity contribution in [2.45, 2.75) is 18.4 Å². The highest BCUT2D eigenvalue weighted by Crippen LogP contribution is 2.28. The Morgan fingerprint density at radius 2 is 1.82 bits per heavy atom. The number of benzene rings is 1. The van der Waals surface area contributed by atoms with Gasteiger partial charge in [0, 0.05) is 50.1 Å². The largest absolute Gasteiger partial charge is 0.353 e. The van der Waals surface area contributed by atoms with Crippen molar-refractivity contribution in [3.8, 4) is 0 Å². The molecule has 1 fully saturated rings. The van der Waals surface area contributed by atoms with Crippen LogP contribution in [0.3, 0.4) is 0 Å². The van der Waals surface area contributed by atoms with Crippen LogP contribution >= 0.6 is 11.8 Å². The molecule has 0 bridgehead atoms. The van der Waals surface area contributed by atoms with Crippen LogP contribution in [0.4, 0.5) is 5.82 Å². The molecule has 1 amide bonds. The number of nitrogens with zero attached hydrogens (tertiary/aromatic N) is 7. The fourth-order valence-corrected chi connectivity index (χ4v) is 4.85. The van der Waals surface area contributed by atoms with Crippen molar-refractivity contribution in [1.82, 2.24) is 29.5 Å². The normalized spacial score (nSPS) is 14.1. The molecule has 168 valence electrons. The van der Waals surface area contributed by atoms with E-state index >= 15 is 0 Å². The number of anilines is 1. The maximum Gasteiger partial charge on any atom is 0.256 e. The van der Waals surface area contributed by atoms with Crippen molar-refractivity contribution in [2.24, 2.45) is 0 Å². The zero-order valence-corrected chi connectivity index (χ0v) is 19.5. The summed E-state index contributed by atoms with van der Waals surface area (Å²) < 4.78 is 1.83. The van der Waals surface area contributed by atoms with Crippen molar-refractivity contribution in [1.29, 1.82) is 0 Å². The van der Waals surface area contributed by atoms with Crippen molar-refractivity contribution in [2.75, 3.05) is 37.3 Å². The van der Waals surface area contributed by atoms with Gasteiger partial charge in [-0.1, -0.05) is 30.3 Å². The lowest BCUT2D eigenvalue weighted by Crippen LogP contribution is -2.49. The maximum atomic E-state index is 13.2. The third kappa shape index (κ3) is 4.16. The molecule has 0 N–H and O–H groups in total. The molecule has 33 heavy (non-hydrogen) atoms. The smallest absolute Gasteiger partial charge is 0.256 e. The summed E-state index contributed by atoms with van der Waals surface area (Å²) >= 11 is 1.50. The molecule has 0 spiro atoms. The number of hydrogen-bond acceptors (Lipinski definition) is 7. The van der Waals surface area contributed by atoms with Crippen LogP contribution in [0, 0.1) is 6.92 Å². The van der Waals surface area contributed by atoms with E-state index in [-0.39, 0.29) is 5.91 Å². The highest BCUT2D eigenvalue weighted by molar-refractivity contribution is 7.98. The van der Waals surface area contributed by atoms with Crippen LogP contribution in [0.2, 0.25) is 0 Å². The number of carbonyl (C=O) groups excluding carboxylic acids is 1. The first kappa shape index (κ1) is 21.4. The lowest BCUT2D eigenvalue weighted by atomic mass is 10.0. The lowest BCUT2D eigenvalue weighted by Gasteiger charge is -2.37. The number of hydrogen-bond donors (Lipinski definition) is 0. The molecule has 1 saturated heterocycles. The van der Waals surface area contributed by atoms with E-state index in [1.807, 2.05) is 40.8 Å². The van der Waals surface area contributed by atoms with Crippen LogP contribution in [0.25, 0.3) is 5.78 Å². The molecule has 0 radical (unpaired) electrons. The number of aromatic nitrogens is 5. The minimum atomic E-state index is 0.0356. The highest BCUT2D eigenvalue weighted by Gasteiger charge is 2.27. The number of aryl methyl sites for hydroxylation is 1. The van der Waals surface area contributed by atoms with E-state index in [9.17, 15) is 4.79 Å². The molecule has 1 aliphatic rings. The Bertz CT molecular complexity index is 1280. The first-order chi connectivity index (χ1) is 16.2. The monoisotopic (exact) mass is 459 g/mol. The van der Waals surface area contributed by atoms with Gasteiger partial charge in [0.2, 0.25) is 0 Å². The molecular formula is C24H25N7OS. The summed E-state index contributed by atoms with van der Waals surface area (Å²) in [7, 11) is 0. The third-order valence-corrected chi connectivity index (χ3v) is 6.70. The second kappa shape index (κ2) is 9.19. The van der Waals surface area contributed by atoms with Gasteiger partial charge in [0.25, 0.3) is 11.7 Å². The van der Waals surface area contributed by atoms with E-state index in [1.165, 1.54) is 17.3 Å². The van der Waals surface area contributed by atoms with Gasteiger partial charge in [-0.15, -0.1) is 11.8 Å². The van der Waals surface area contributed by atoms with Gasteiger partial charge in [0.15, 0.2) is 0 Å². The molecule has 0 unspecified atom stereocenters. The van der Waals surface area contributed by atoms with Crippen LogP contribution in [-0.4, -0.2) is 67.8 Å². The van der Waals surface area contributed by atoms with E-state index in [2.05, 4.69) is 49.2 Å². The molecule has 9 heteroatoms. The van der Waals surface area contributed by atoms with Crippen LogP contribution < -0.4 is 4.90 Å². The SMILES string of the molecule is CSc1ncccc1C(=O)N1CCN(c2c(Cc3ccccc3)c(C)nc3ncnn23)CC1. The second-order valence-electron chi connectivity index (χ2n) is 7.97. The van der Waals surface area contributed by atoms with E-state index in [0.29, 0.717) is 37.5 Å². The second-order valence-corrected chi connectivity index (χ2v) is 8.77. The number of carbonyl (C=O) groups is 1. The quantitative estimate of drug-likeness (QED) is 0.424. The summed E-state index contributed by atoms with van der Waals surface area (Å²) in [6.45, 7) is 4.71. The zero-order valence-electron chi connectivity index (χ0n) is 18.7. The average Bonchev–Trinajstić information content (AvgIpc) is 3.32. The van der Waals surface area contributed by atoms with Gasteiger partial charge in [-0.25, -0.2) is 9.97 Å². The van der Waals surface area contributed by atoms with Crippen molar-refractivity contribution in [3.63, 3.8) is 0 Å².